The smallest absolute Gasteiger partial charge is 0.227 e. The average Bonchev–Trinajstić information content (AvgIpc) is 3.40. The van der Waals surface area contributed by atoms with Crippen molar-refractivity contribution in [2.75, 3.05) is 11.4 Å². The summed E-state index contributed by atoms with van der Waals surface area (Å²) in [5, 5.41) is 0. The van der Waals surface area contributed by atoms with Crippen LogP contribution in [-0.4, -0.2) is 22.0 Å². The molecule has 1 aliphatic rings. The molecule has 0 N–H and O–H groups in total. The summed E-state index contributed by atoms with van der Waals surface area (Å²) >= 11 is 3.48. The Balaban J connectivity index is 1.47. The van der Waals surface area contributed by atoms with Gasteiger partial charge >= 0.3 is 0 Å². The molecule has 1 fully saturated rings. The highest BCUT2D eigenvalue weighted by Crippen LogP contribution is 2.34. The van der Waals surface area contributed by atoms with Gasteiger partial charge in [-0.2, -0.15) is 0 Å². The molecule has 2 unspecified atom stereocenters. The van der Waals surface area contributed by atoms with Gasteiger partial charge in [-0.1, -0.05) is 66.2 Å². The summed E-state index contributed by atoms with van der Waals surface area (Å²) in [4.78, 5) is 19.8. The lowest BCUT2D eigenvalue weighted by molar-refractivity contribution is -0.117. The van der Waals surface area contributed by atoms with E-state index in [9.17, 15) is 4.79 Å². The van der Waals surface area contributed by atoms with Gasteiger partial charge in [0.2, 0.25) is 5.91 Å². The summed E-state index contributed by atoms with van der Waals surface area (Å²) in [6, 6.07) is 25.2. The zero-order valence-corrected chi connectivity index (χ0v) is 20.6. The third-order valence-electron chi connectivity index (χ3n) is 6.81. The minimum absolute atomic E-state index is 0.0629. The first kappa shape index (κ1) is 21.9. The van der Waals surface area contributed by atoms with Crippen molar-refractivity contribution in [2.24, 2.45) is 0 Å². The summed E-state index contributed by atoms with van der Waals surface area (Å²) in [5.74, 6) is 1.78. The van der Waals surface area contributed by atoms with E-state index < -0.39 is 0 Å². The lowest BCUT2D eigenvalue weighted by Gasteiger charge is -2.18. The molecule has 0 bridgehead atoms. The highest BCUT2D eigenvalue weighted by Gasteiger charge is 2.34. The first-order valence-electron chi connectivity index (χ1n) is 11.6. The second-order valence-corrected chi connectivity index (χ2v) is 9.89. The number of nitrogens with zero attached hydrogens (tertiary/aromatic N) is 3. The molecule has 5 heteroatoms. The highest BCUT2D eigenvalue weighted by atomic mass is 79.9. The maximum Gasteiger partial charge on any atom is 0.227 e. The van der Waals surface area contributed by atoms with Gasteiger partial charge in [0, 0.05) is 35.6 Å². The zero-order valence-electron chi connectivity index (χ0n) is 19.0. The van der Waals surface area contributed by atoms with Gasteiger partial charge < -0.3 is 9.47 Å². The molecule has 0 saturated carbocycles. The van der Waals surface area contributed by atoms with Crippen LogP contribution in [0.15, 0.2) is 77.3 Å². The monoisotopic (exact) mass is 501 g/mol. The van der Waals surface area contributed by atoms with E-state index in [4.69, 9.17) is 4.98 Å². The van der Waals surface area contributed by atoms with Crippen LogP contribution in [0.1, 0.15) is 55.5 Å². The van der Waals surface area contributed by atoms with E-state index >= 15 is 0 Å². The largest absolute Gasteiger partial charge is 0.323 e. The fourth-order valence-corrected chi connectivity index (χ4v) is 4.96. The van der Waals surface area contributed by atoms with Gasteiger partial charge in [-0.15, -0.1) is 0 Å². The molecule has 4 nitrogen and oxygen atoms in total. The Kier molecular flexibility index (Phi) is 6.07. The van der Waals surface area contributed by atoms with Gasteiger partial charge in [-0.05, 0) is 59.9 Å². The molecule has 3 aromatic carbocycles. The SMILES string of the molecule is CCC(C)c1ccc(Cn2c(C3CC(=O)N(c4ccc(Br)cc4)C3)nc3ccccc32)cc1. The number of rotatable bonds is 6. The molecule has 1 amide bonds. The molecule has 1 aromatic heterocycles. The molecule has 5 rings (SSSR count). The van der Waals surface area contributed by atoms with Gasteiger partial charge in [0.05, 0.1) is 11.0 Å². The summed E-state index contributed by atoms with van der Waals surface area (Å²) in [6.45, 7) is 5.89. The van der Waals surface area contributed by atoms with Crippen molar-refractivity contribution in [3.8, 4) is 0 Å². The zero-order chi connectivity index (χ0) is 22.9. The van der Waals surface area contributed by atoms with Crippen LogP contribution in [-0.2, 0) is 11.3 Å². The molecule has 168 valence electrons. The molecule has 0 spiro atoms. The van der Waals surface area contributed by atoms with E-state index in [1.54, 1.807) is 0 Å². The average molecular weight is 502 g/mol. The number of carbonyl (C=O) groups excluding carboxylic acids is 1. The second kappa shape index (κ2) is 9.14. The van der Waals surface area contributed by atoms with Gasteiger partial charge in [-0.3, -0.25) is 4.79 Å². The first-order chi connectivity index (χ1) is 16.0. The first-order valence-corrected chi connectivity index (χ1v) is 12.4. The van der Waals surface area contributed by atoms with Crippen molar-refractivity contribution in [3.63, 3.8) is 0 Å². The van der Waals surface area contributed by atoms with Crippen LogP contribution in [0.3, 0.4) is 0 Å². The standard InChI is InChI=1S/C28H28BrN3O/c1-3-19(2)21-10-8-20(9-11-21)17-32-26-7-5-4-6-25(26)30-28(32)22-16-27(33)31(18-22)24-14-12-23(29)13-15-24/h4-15,19,22H,3,16-18H2,1-2H3. The van der Waals surface area contributed by atoms with Crippen molar-refractivity contribution in [3.05, 3.63) is 94.2 Å². The Bertz CT molecular complexity index is 1280. The third kappa shape index (κ3) is 4.34. The van der Waals surface area contributed by atoms with Crippen LogP contribution in [0.2, 0.25) is 0 Å². The van der Waals surface area contributed by atoms with Crippen molar-refractivity contribution in [1.29, 1.82) is 0 Å². The van der Waals surface area contributed by atoms with Crippen molar-refractivity contribution in [1.82, 2.24) is 9.55 Å². The Morgan fingerprint density at radius 2 is 1.76 bits per heavy atom. The minimum Gasteiger partial charge on any atom is -0.323 e. The number of carbonyl (C=O) groups is 1. The summed E-state index contributed by atoms with van der Waals surface area (Å²) in [6.07, 6.45) is 1.62. The number of amides is 1. The number of hydrogen-bond donors (Lipinski definition) is 0. The lowest BCUT2D eigenvalue weighted by Crippen LogP contribution is -2.24. The quantitative estimate of drug-likeness (QED) is 0.288. The van der Waals surface area contributed by atoms with Crippen molar-refractivity contribution < 1.29 is 4.79 Å². The van der Waals surface area contributed by atoms with Gasteiger partial charge in [-0.25, -0.2) is 4.98 Å². The summed E-state index contributed by atoms with van der Waals surface area (Å²) in [7, 11) is 0. The lowest BCUT2D eigenvalue weighted by atomic mass is 9.97. The van der Waals surface area contributed by atoms with Crippen LogP contribution >= 0.6 is 15.9 Å². The molecule has 1 saturated heterocycles. The summed E-state index contributed by atoms with van der Waals surface area (Å²) < 4.78 is 3.31. The minimum atomic E-state index is 0.0629. The van der Waals surface area contributed by atoms with E-state index in [2.05, 4.69) is 76.8 Å². The predicted octanol–water partition coefficient (Wildman–Crippen LogP) is 6.88. The van der Waals surface area contributed by atoms with E-state index in [1.165, 1.54) is 11.1 Å². The molecule has 4 aromatic rings. The molecule has 0 aliphatic carbocycles. The number of halogens is 1. The van der Waals surface area contributed by atoms with Crippen LogP contribution in [0.25, 0.3) is 11.0 Å². The molecule has 1 aliphatic heterocycles. The van der Waals surface area contributed by atoms with Crippen molar-refractivity contribution >= 4 is 38.6 Å². The molecule has 2 atom stereocenters. The van der Waals surface area contributed by atoms with E-state index in [-0.39, 0.29) is 11.8 Å². The van der Waals surface area contributed by atoms with Gasteiger partial charge in [0.25, 0.3) is 0 Å². The second-order valence-electron chi connectivity index (χ2n) is 8.98. The molecule has 33 heavy (non-hydrogen) atoms. The number of aromatic nitrogens is 2. The summed E-state index contributed by atoms with van der Waals surface area (Å²) in [5.41, 5.74) is 5.67. The van der Waals surface area contributed by atoms with Crippen LogP contribution in [0.4, 0.5) is 5.69 Å². The van der Waals surface area contributed by atoms with Crippen LogP contribution in [0, 0.1) is 0 Å². The van der Waals surface area contributed by atoms with E-state index in [0.717, 1.165) is 40.0 Å². The maximum absolute atomic E-state index is 12.9. The molecular formula is C28H28BrN3O. The van der Waals surface area contributed by atoms with Crippen LogP contribution in [0.5, 0.6) is 0 Å². The van der Waals surface area contributed by atoms with Crippen LogP contribution < -0.4 is 4.90 Å². The normalized spacial score (nSPS) is 17.1. The number of imidazole rings is 1. The number of anilines is 1. The highest BCUT2D eigenvalue weighted by molar-refractivity contribution is 9.10. The molecule has 0 radical (unpaired) electrons. The number of fused-ring (bicyclic) bond motifs is 1. The number of benzene rings is 3. The Hall–Kier alpha value is -2.92. The topological polar surface area (TPSA) is 38.1 Å². The maximum atomic E-state index is 12.9. The van der Waals surface area contributed by atoms with Gasteiger partial charge in [0.1, 0.15) is 5.82 Å². The van der Waals surface area contributed by atoms with Crippen molar-refractivity contribution in [2.45, 2.75) is 45.1 Å². The Morgan fingerprint density at radius 3 is 2.48 bits per heavy atom. The van der Waals surface area contributed by atoms with Gasteiger partial charge in [0.15, 0.2) is 0 Å². The van der Waals surface area contributed by atoms with E-state index in [1.807, 2.05) is 35.2 Å². The number of para-hydroxylation sites is 2. The fourth-order valence-electron chi connectivity index (χ4n) is 4.69. The Labute approximate surface area is 203 Å². The third-order valence-corrected chi connectivity index (χ3v) is 7.34. The fraction of sp³-hybridized carbons (Fsp3) is 0.286. The Morgan fingerprint density at radius 1 is 1.03 bits per heavy atom. The number of hydrogen-bond acceptors (Lipinski definition) is 2. The molecule has 2 heterocycles. The molecular weight excluding hydrogens is 474 g/mol. The van der Waals surface area contributed by atoms with E-state index in [0.29, 0.717) is 18.9 Å². The predicted molar refractivity (Wildman–Crippen MR) is 138 cm³/mol.